The van der Waals surface area contributed by atoms with E-state index in [2.05, 4.69) is 26.6 Å². The maximum absolute atomic E-state index is 11.8. The third-order valence-electron chi connectivity index (χ3n) is 2.88. The molecule has 124 valence electrons. The van der Waals surface area contributed by atoms with Gasteiger partial charge in [0.2, 0.25) is 5.91 Å². The SMILES string of the molecule is CC(=O)Nc1ccc(NC(=O)COC(=O)c2cccc(Br)c2)cc1. The van der Waals surface area contributed by atoms with E-state index in [1.165, 1.54) is 6.92 Å². The molecular formula is C17H15BrN2O4. The number of halogens is 1. The summed E-state index contributed by atoms with van der Waals surface area (Å²) in [6.07, 6.45) is 0. The standard InChI is InChI=1S/C17H15BrN2O4/c1-11(21)19-14-5-7-15(8-6-14)20-16(22)10-24-17(23)12-3-2-4-13(18)9-12/h2-9H,10H2,1H3,(H,19,21)(H,20,22). The molecular weight excluding hydrogens is 376 g/mol. The molecule has 2 N–H and O–H groups in total. The summed E-state index contributed by atoms with van der Waals surface area (Å²) in [7, 11) is 0. The van der Waals surface area contributed by atoms with Crippen molar-refractivity contribution in [2.24, 2.45) is 0 Å². The third-order valence-corrected chi connectivity index (χ3v) is 3.38. The van der Waals surface area contributed by atoms with Crippen LogP contribution in [0.1, 0.15) is 17.3 Å². The Balaban J connectivity index is 1.84. The van der Waals surface area contributed by atoms with Gasteiger partial charge in [-0.05, 0) is 42.5 Å². The lowest BCUT2D eigenvalue weighted by Crippen LogP contribution is -2.20. The summed E-state index contributed by atoms with van der Waals surface area (Å²) in [5.41, 5.74) is 1.52. The average Bonchev–Trinajstić information content (AvgIpc) is 2.54. The van der Waals surface area contributed by atoms with Crippen molar-refractivity contribution in [1.29, 1.82) is 0 Å². The van der Waals surface area contributed by atoms with Crippen LogP contribution in [0.25, 0.3) is 0 Å². The number of carbonyl (C=O) groups excluding carboxylic acids is 3. The molecule has 0 saturated carbocycles. The summed E-state index contributed by atoms with van der Waals surface area (Å²) in [4.78, 5) is 34.6. The van der Waals surface area contributed by atoms with Crippen LogP contribution in [-0.2, 0) is 14.3 Å². The highest BCUT2D eigenvalue weighted by atomic mass is 79.9. The minimum atomic E-state index is -0.576. The van der Waals surface area contributed by atoms with E-state index in [0.717, 1.165) is 4.47 Å². The first-order chi connectivity index (χ1) is 11.4. The van der Waals surface area contributed by atoms with E-state index in [1.54, 1.807) is 48.5 Å². The van der Waals surface area contributed by atoms with Gasteiger partial charge in [0.25, 0.3) is 5.91 Å². The fraction of sp³-hybridized carbons (Fsp3) is 0.118. The molecule has 0 spiro atoms. The van der Waals surface area contributed by atoms with Gasteiger partial charge < -0.3 is 15.4 Å². The van der Waals surface area contributed by atoms with Crippen LogP contribution in [0.3, 0.4) is 0 Å². The Labute approximate surface area is 147 Å². The molecule has 0 unspecified atom stereocenters. The van der Waals surface area contributed by atoms with Gasteiger partial charge in [0, 0.05) is 22.8 Å². The Morgan fingerprint density at radius 2 is 1.62 bits per heavy atom. The molecule has 0 atom stereocenters. The number of rotatable bonds is 5. The zero-order valence-electron chi connectivity index (χ0n) is 12.8. The lowest BCUT2D eigenvalue weighted by molar-refractivity contribution is -0.119. The molecule has 7 heteroatoms. The molecule has 24 heavy (non-hydrogen) atoms. The lowest BCUT2D eigenvalue weighted by Gasteiger charge is -2.08. The largest absolute Gasteiger partial charge is 0.452 e. The Hall–Kier alpha value is -2.67. The van der Waals surface area contributed by atoms with E-state index in [9.17, 15) is 14.4 Å². The maximum Gasteiger partial charge on any atom is 0.338 e. The molecule has 0 bridgehead atoms. The Morgan fingerprint density at radius 3 is 2.21 bits per heavy atom. The highest BCUT2D eigenvalue weighted by Gasteiger charge is 2.10. The molecule has 0 aliphatic rings. The first-order valence-electron chi connectivity index (χ1n) is 7.04. The number of nitrogens with one attached hydrogen (secondary N) is 2. The van der Waals surface area contributed by atoms with Crippen LogP contribution in [-0.4, -0.2) is 24.4 Å². The van der Waals surface area contributed by atoms with Crippen molar-refractivity contribution in [3.05, 3.63) is 58.6 Å². The van der Waals surface area contributed by atoms with Crippen molar-refractivity contribution in [1.82, 2.24) is 0 Å². The number of hydrogen-bond acceptors (Lipinski definition) is 4. The number of carbonyl (C=O) groups is 3. The monoisotopic (exact) mass is 390 g/mol. The minimum absolute atomic E-state index is 0.175. The van der Waals surface area contributed by atoms with Crippen molar-refractivity contribution in [3.63, 3.8) is 0 Å². The average molecular weight is 391 g/mol. The normalized spacial score (nSPS) is 9.92. The molecule has 0 aliphatic heterocycles. The van der Waals surface area contributed by atoms with Crippen LogP contribution < -0.4 is 10.6 Å². The van der Waals surface area contributed by atoms with Crippen molar-refractivity contribution >= 4 is 45.1 Å². The van der Waals surface area contributed by atoms with Gasteiger partial charge in [-0.25, -0.2) is 4.79 Å². The van der Waals surface area contributed by atoms with Crippen molar-refractivity contribution in [3.8, 4) is 0 Å². The Morgan fingerprint density at radius 1 is 1.00 bits per heavy atom. The maximum atomic E-state index is 11.8. The van der Waals surface area contributed by atoms with Gasteiger partial charge in [0.1, 0.15) is 0 Å². The minimum Gasteiger partial charge on any atom is -0.452 e. The summed E-state index contributed by atoms with van der Waals surface area (Å²) >= 11 is 3.26. The fourth-order valence-corrected chi connectivity index (χ4v) is 2.27. The number of esters is 1. The second kappa shape index (κ2) is 8.26. The van der Waals surface area contributed by atoms with Crippen molar-refractivity contribution in [2.75, 3.05) is 17.2 Å². The summed E-state index contributed by atoms with van der Waals surface area (Å²) in [6, 6.07) is 13.3. The second-order valence-electron chi connectivity index (χ2n) is 4.89. The topological polar surface area (TPSA) is 84.5 Å². The number of hydrogen-bond donors (Lipinski definition) is 2. The summed E-state index contributed by atoms with van der Waals surface area (Å²) in [6.45, 7) is 1.02. The van der Waals surface area contributed by atoms with Crippen LogP contribution in [0, 0.1) is 0 Å². The summed E-state index contributed by atoms with van der Waals surface area (Å²) < 4.78 is 5.72. The van der Waals surface area contributed by atoms with E-state index in [4.69, 9.17) is 4.74 Å². The van der Waals surface area contributed by atoms with Crippen molar-refractivity contribution in [2.45, 2.75) is 6.92 Å². The first-order valence-corrected chi connectivity index (χ1v) is 7.83. The second-order valence-corrected chi connectivity index (χ2v) is 5.81. The number of benzene rings is 2. The molecule has 2 aromatic rings. The van der Waals surface area contributed by atoms with E-state index >= 15 is 0 Å². The molecule has 0 heterocycles. The van der Waals surface area contributed by atoms with E-state index in [0.29, 0.717) is 16.9 Å². The summed E-state index contributed by atoms with van der Waals surface area (Å²) in [5.74, 6) is -1.20. The smallest absolute Gasteiger partial charge is 0.338 e. The Bertz CT molecular complexity index is 759. The van der Waals surface area contributed by atoms with Gasteiger partial charge >= 0.3 is 5.97 Å². The lowest BCUT2D eigenvalue weighted by atomic mass is 10.2. The summed E-state index contributed by atoms with van der Waals surface area (Å²) in [5, 5.41) is 5.23. The predicted molar refractivity (Wildman–Crippen MR) is 93.8 cm³/mol. The Kier molecular flexibility index (Phi) is 6.08. The molecule has 6 nitrogen and oxygen atoms in total. The molecule has 0 fully saturated rings. The van der Waals surface area contributed by atoms with Gasteiger partial charge in [-0.1, -0.05) is 22.0 Å². The number of amides is 2. The molecule has 2 aromatic carbocycles. The van der Waals surface area contributed by atoms with Gasteiger partial charge in [-0.3, -0.25) is 9.59 Å². The molecule has 0 aromatic heterocycles. The quantitative estimate of drug-likeness (QED) is 0.767. The molecule has 2 rings (SSSR count). The zero-order valence-corrected chi connectivity index (χ0v) is 14.4. The highest BCUT2D eigenvalue weighted by molar-refractivity contribution is 9.10. The number of anilines is 2. The molecule has 0 saturated heterocycles. The fourth-order valence-electron chi connectivity index (χ4n) is 1.87. The van der Waals surface area contributed by atoms with E-state index < -0.39 is 18.5 Å². The predicted octanol–water partition coefficient (Wildman–Crippen LogP) is 3.20. The van der Waals surface area contributed by atoms with Crippen LogP contribution >= 0.6 is 15.9 Å². The van der Waals surface area contributed by atoms with Crippen molar-refractivity contribution < 1.29 is 19.1 Å². The van der Waals surface area contributed by atoms with E-state index in [1.807, 2.05) is 0 Å². The molecule has 0 radical (unpaired) electrons. The first kappa shape index (κ1) is 17.7. The highest BCUT2D eigenvalue weighted by Crippen LogP contribution is 2.14. The van der Waals surface area contributed by atoms with Gasteiger partial charge in [-0.15, -0.1) is 0 Å². The van der Waals surface area contributed by atoms with Gasteiger partial charge in [0.15, 0.2) is 6.61 Å². The molecule has 0 aliphatic carbocycles. The van der Waals surface area contributed by atoms with Crippen LogP contribution in [0.2, 0.25) is 0 Å². The third kappa shape index (κ3) is 5.51. The molecule has 2 amide bonds. The van der Waals surface area contributed by atoms with Gasteiger partial charge in [0.05, 0.1) is 5.56 Å². The van der Waals surface area contributed by atoms with Crippen LogP contribution in [0.15, 0.2) is 53.0 Å². The van der Waals surface area contributed by atoms with Gasteiger partial charge in [-0.2, -0.15) is 0 Å². The zero-order chi connectivity index (χ0) is 17.5. The van der Waals surface area contributed by atoms with E-state index in [-0.39, 0.29) is 5.91 Å². The van der Waals surface area contributed by atoms with Crippen LogP contribution in [0.5, 0.6) is 0 Å². The number of ether oxygens (including phenoxy) is 1. The van der Waals surface area contributed by atoms with Crippen LogP contribution in [0.4, 0.5) is 11.4 Å².